The van der Waals surface area contributed by atoms with Crippen LogP contribution in [0.4, 0.5) is 5.82 Å². The number of anilines is 1. The molecule has 0 radical (unpaired) electrons. The minimum atomic E-state index is 0.369. The highest BCUT2D eigenvalue weighted by Gasteiger charge is 2.11. The lowest BCUT2D eigenvalue weighted by Gasteiger charge is -2.18. The average Bonchev–Trinajstić information content (AvgIpc) is 2.42. The van der Waals surface area contributed by atoms with Crippen LogP contribution < -0.4 is 5.32 Å². The number of hydrogen-bond donors (Lipinski definition) is 1. The lowest BCUT2D eigenvalue weighted by atomic mass is 10.0. The molecule has 0 saturated carbocycles. The Balaban J connectivity index is 2.24. The molecule has 0 spiro atoms. The third-order valence-electron chi connectivity index (χ3n) is 3.48. The number of nitrogens with zero attached hydrogens (tertiary/aromatic N) is 2. The zero-order valence-electron chi connectivity index (χ0n) is 11.7. The summed E-state index contributed by atoms with van der Waals surface area (Å²) in [6.45, 7) is 6.66. The van der Waals surface area contributed by atoms with Crippen molar-refractivity contribution in [2.24, 2.45) is 5.92 Å². The molecule has 1 N–H and O–H groups in total. The first-order valence-electron chi connectivity index (χ1n) is 6.79. The van der Waals surface area contributed by atoms with Crippen LogP contribution in [0.3, 0.4) is 0 Å². The zero-order chi connectivity index (χ0) is 13.8. The number of nitrogens with one attached hydrogen (secondary N) is 1. The maximum Gasteiger partial charge on any atom is 0.159 e. The molecule has 1 heterocycles. The van der Waals surface area contributed by atoms with E-state index >= 15 is 0 Å². The van der Waals surface area contributed by atoms with Crippen LogP contribution in [0.1, 0.15) is 33.6 Å². The molecule has 0 aliphatic rings. The van der Waals surface area contributed by atoms with Gasteiger partial charge in [0.15, 0.2) is 11.0 Å². The summed E-state index contributed by atoms with van der Waals surface area (Å²) in [6, 6.07) is 8.31. The monoisotopic (exact) mass is 277 g/mol. The first-order valence-corrected chi connectivity index (χ1v) is 7.17. The highest BCUT2D eigenvalue weighted by atomic mass is 35.5. The van der Waals surface area contributed by atoms with Gasteiger partial charge >= 0.3 is 0 Å². The molecule has 2 atom stereocenters. The van der Waals surface area contributed by atoms with E-state index in [1.165, 1.54) is 6.42 Å². The van der Waals surface area contributed by atoms with Gasteiger partial charge in [0.25, 0.3) is 0 Å². The summed E-state index contributed by atoms with van der Waals surface area (Å²) in [6.07, 6.45) is 2.31. The number of rotatable bonds is 5. The van der Waals surface area contributed by atoms with Gasteiger partial charge in [-0.15, -0.1) is 10.2 Å². The van der Waals surface area contributed by atoms with E-state index in [9.17, 15) is 0 Å². The van der Waals surface area contributed by atoms with Crippen molar-refractivity contribution < 1.29 is 0 Å². The van der Waals surface area contributed by atoms with Crippen LogP contribution in [0.2, 0.25) is 5.15 Å². The summed E-state index contributed by atoms with van der Waals surface area (Å²) in [7, 11) is 0. The lowest BCUT2D eigenvalue weighted by Crippen LogP contribution is -2.19. The molecule has 3 nitrogen and oxygen atoms in total. The van der Waals surface area contributed by atoms with E-state index in [1.807, 2.05) is 24.3 Å². The molecule has 2 unspecified atom stereocenters. The molecule has 0 saturated heterocycles. The van der Waals surface area contributed by atoms with Crippen molar-refractivity contribution in [3.8, 4) is 0 Å². The van der Waals surface area contributed by atoms with Gasteiger partial charge < -0.3 is 5.32 Å². The summed E-state index contributed by atoms with van der Waals surface area (Å²) < 4.78 is 0. The fourth-order valence-electron chi connectivity index (χ4n) is 2.24. The number of benzene rings is 1. The predicted octanol–water partition coefficient (Wildman–Crippen LogP) is 4.52. The largest absolute Gasteiger partial charge is 0.366 e. The zero-order valence-corrected chi connectivity index (χ0v) is 12.4. The maximum atomic E-state index is 6.07. The SMILES string of the molecule is CCC(C)CC(C)Nc1nnc(Cl)c2ccccc12. The summed E-state index contributed by atoms with van der Waals surface area (Å²) in [4.78, 5) is 0. The van der Waals surface area contributed by atoms with Crippen LogP contribution >= 0.6 is 11.6 Å². The van der Waals surface area contributed by atoms with Crippen molar-refractivity contribution in [3.05, 3.63) is 29.4 Å². The first kappa shape index (κ1) is 14.1. The summed E-state index contributed by atoms with van der Waals surface area (Å²) in [5.41, 5.74) is 0. The Labute approximate surface area is 119 Å². The van der Waals surface area contributed by atoms with E-state index in [-0.39, 0.29) is 0 Å². The van der Waals surface area contributed by atoms with Gasteiger partial charge in [-0.05, 0) is 19.3 Å². The Kier molecular flexibility index (Phi) is 4.59. The second kappa shape index (κ2) is 6.20. The topological polar surface area (TPSA) is 37.8 Å². The Morgan fingerprint density at radius 2 is 1.84 bits per heavy atom. The fourth-order valence-corrected chi connectivity index (χ4v) is 2.44. The molecule has 19 heavy (non-hydrogen) atoms. The van der Waals surface area contributed by atoms with E-state index in [1.54, 1.807) is 0 Å². The molecule has 2 rings (SSSR count). The molecule has 102 valence electrons. The van der Waals surface area contributed by atoms with Gasteiger partial charge in [-0.3, -0.25) is 0 Å². The molecule has 0 aliphatic heterocycles. The predicted molar refractivity (Wildman–Crippen MR) is 81.7 cm³/mol. The molecular formula is C15H20ClN3. The van der Waals surface area contributed by atoms with Crippen LogP contribution in [0.5, 0.6) is 0 Å². The second-order valence-corrected chi connectivity index (χ2v) is 5.54. The van der Waals surface area contributed by atoms with Crippen LogP contribution in [0, 0.1) is 5.92 Å². The third-order valence-corrected chi connectivity index (χ3v) is 3.76. The van der Waals surface area contributed by atoms with Crippen molar-refractivity contribution in [1.29, 1.82) is 0 Å². The Hall–Kier alpha value is -1.35. The van der Waals surface area contributed by atoms with E-state index in [0.29, 0.717) is 17.1 Å². The molecule has 2 aromatic rings. The van der Waals surface area contributed by atoms with Crippen LogP contribution in [-0.2, 0) is 0 Å². The highest BCUT2D eigenvalue weighted by molar-refractivity contribution is 6.34. The smallest absolute Gasteiger partial charge is 0.159 e. The van der Waals surface area contributed by atoms with Gasteiger partial charge in [-0.25, -0.2) is 0 Å². The van der Waals surface area contributed by atoms with Crippen molar-refractivity contribution in [3.63, 3.8) is 0 Å². The molecule has 0 aliphatic carbocycles. The minimum absolute atomic E-state index is 0.369. The van der Waals surface area contributed by atoms with E-state index in [0.717, 1.165) is 23.0 Å². The van der Waals surface area contributed by atoms with Crippen LogP contribution in [-0.4, -0.2) is 16.2 Å². The molecule has 0 bridgehead atoms. The fraction of sp³-hybridized carbons (Fsp3) is 0.467. The highest BCUT2D eigenvalue weighted by Crippen LogP contribution is 2.26. The average molecular weight is 278 g/mol. The Bertz CT molecular complexity index is 556. The molecule has 0 fully saturated rings. The molecular weight excluding hydrogens is 258 g/mol. The van der Waals surface area contributed by atoms with Gasteiger partial charge in [0.05, 0.1) is 0 Å². The van der Waals surface area contributed by atoms with Gasteiger partial charge in [-0.1, -0.05) is 56.1 Å². The van der Waals surface area contributed by atoms with Gasteiger partial charge in [0, 0.05) is 16.8 Å². The standard InChI is InChI=1S/C15H20ClN3/c1-4-10(2)9-11(3)17-15-13-8-6-5-7-12(13)14(16)18-19-15/h5-8,10-11H,4,9H2,1-3H3,(H,17,19). The summed E-state index contributed by atoms with van der Waals surface area (Å²) in [5.74, 6) is 1.52. The molecule has 1 aromatic carbocycles. The van der Waals surface area contributed by atoms with Crippen molar-refractivity contribution in [1.82, 2.24) is 10.2 Å². The quantitative estimate of drug-likeness (QED) is 0.873. The third kappa shape index (κ3) is 3.35. The molecule has 0 amide bonds. The number of halogens is 1. The van der Waals surface area contributed by atoms with Gasteiger partial charge in [-0.2, -0.15) is 0 Å². The summed E-state index contributed by atoms with van der Waals surface area (Å²) >= 11 is 6.07. The molecule has 1 aromatic heterocycles. The van der Waals surface area contributed by atoms with E-state index in [4.69, 9.17) is 11.6 Å². The summed E-state index contributed by atoms with van der Waals surface area (Å²) in [5, 5.41) is 14.1. The van der Waals surface area contributed by atoms with Crippen LogP contribution in [0.15, 0.2) is 24.3 Å². The van der Waals surface area contributed by atoms with Gasteiger partial charge in [0.1, 0.15) is 0 Å². The van der Waals surface area contributed by atoms with Gasteiger partial charge in [0.2, 0.25) is 0 Å². The molecule has 4 heteroatoms. The number of fused-ring (bicyclic) bond motifs is 1. The maximum absolute atomic E-state index is 6.07. The van der Waals surface area contributed by atoms with E-state index in [2.05, 4.69) is 36.3 Å². The van der Waals surface area contributed by atoms with Crippen molar-refractivity contribution in [2.75, 3.05) is 5.32 Å². The van der Waals surface area contributed by atoms with Crippen molar-refractivity contribution >= 4 is 28.2 Å². The normalized spacial score (nSPS) is 14.3. The second-order valence-electron chi connectivity index (χ2n) is 5.18. The van der Waals surface area contributed by atoms with Crippen LogP contribution in [0.25, 0.3) is 10.8 Å². The van der Waals surface area contributed by atoms with Crippen molar-refractivity contribution in [2.45, 2.75) is 39.7 Å². The number of hydrogen-bond acceptors (Lipinski definition) is 3. The lowest BCUT2D eigenvalue weighted by molar-refractivity contribution is 0.483. The first-order chi connectivity index (χ1) is 9.11. The minimum Gasteiger partial charge on any atom is -0.366 e. The Morgan fingerprint density at radius 3 is 2.53 bits per heavy atom. The van der Waals surface area contributed by atoms with E-state index < -0.39 is 0 Å². The number of aromatic nitrogens is 2. The Morgan fingerprint density at radius 1 is 1.16 bits per heavy atom.